The summed E-state index contributed by atoms with van der Waals surface area (Å²) in [4.78, 5) is 29.7. The number of hydrogen-bond acceptors (Lipinski definition) is 5. The third-order valence-electron chi connectivity index (χ3n) is 5.24. The first-order chi connectivity index (χ1) is 15.9. The maximum atomic E-state index is 14.6. The predicted molar refractivity (Wildman–Crippen MR) is 120 cm³/mol. The monoisotopic (exact) mass is 469 g/mol. The SMILES string of the molecule is NC(=O)c1cc(OC2CCN(C(=O)c3ccc(Oc4ccc(Cl)cc4)c(F)c3)CC2)ccn1. The number of carbonyl (C=O) groups excluding carboxylic acids is 2. The standard InChI is InChI=1S/C24H21ClFN3O4/c25-16-2-4-17(5-3-16)33-22-6-1-15(13-20(22)26)24(31)29-11-8-18(9-12-29)32-19-7-10-28-21(14-19)23(27)30/h1-7,10,13-14,18H,8-9,11-12H2,(H2,27,30). The second-order valence-electron chi connectivity index (χ2n) is 7.55. The van der Waals surface area contributed by atoms with Gasteiger partial charge < -0.3 is 20.1 Å². The Hall–Kier alpha value is -3.65. The highest BCUT2D eigenvalue weighted by atomic mass is 35.5. The highest BCUT2D eigenvalue weighted by Crippen LogP contribution is 2.27. The molecule has 1 aliphatic heterocycles. The summed E-state index contributed by atoms with van der Waals surface area (Å²) < 4.78 is 26.0. The zero-order valence-electron chi connectivity index (χ0n) is 17.5. The van der Waals surface area contributed by atoms with Gasteiger partial charge in [-0.25, -0.2) is 4.39 Å². The lowest BCUT2D eigenvalue weighted by molar-refractivity contribution is 0.0594. The molecule has 1 aromatic heterocycles. The van der Waals surface area contributed by atoms with Crippen LogP contribution in [0.5, 0.6) is 17.2 Å². The average molecular weight is 470 g/mol. The summed E-state index contributed by atoms with van der Waals surface area (Å²) in [6.45, 7) is 0.920. The molecule has 0 spiro atoms. The van der Waals surface area contributed by atoms with Crippen LogP contribution in [0.1, 0.15) is 33.7 Å². The molecule has 2 amide bonds. The first-order valence-electron chi connectivity index (χ1n) is 10.3. The number of aromatic nitrogens is 1. The Labute approximate surface area is 194 Å². The van der Waals surface area contributed by atoms with Crippen molar-refractivity contribution in [3.05, 3.63) is 82.9 Å². The van der Waals surface area contributed by atoms with E-state index in [-0.39, 0.29) is 29.0 Å². The molecule has 1 saturated heterocycles. The van der Waals surface area contributed by atoms with Gasteiger partial charge in [-0.2, -0.15) is 0 Å². The van der Waals surface area contributed by atoms with Crippen molar-refractivity contribution in [1.29, 1.82) is 0 Å². The molecule has 0 bridgehead atoms. The molecule has 4 rings (SSSR count). The molecule has 1 aliphatic rings. The number of rotatable bonds is 6. The van der Waals surface area contributed by atoms with Crippen molar-refractivity contribution in [3.8, 4) is 17.2 Å². The van der Waals surface area contributed by atoms with Gasteiger partial charge in [0.05, 0.1) is 0 Å². The van der Waals surface area contributed by atoms with E-state index in [1.165, 1.54) is 24.4 Å². The predicted octanol–water partition coefficient (Wildman–Crippen LogP) is 4.45. The van der Waals surface area contributed by atoms with Gasteiger partial charge >= 0.3 is 0 Å². The minimum absolute atomic E-state index is 0.0219. The minimum Gasteiger partial charge on any atom is -0.490 e. The molecule has 2 heterocycles. The summed E-state index contributed by atoms with van der Waals surface area (Å²) in [5.41, 5.74) is 5.62. The number of likely N-dealkylation sites (tertiary alicyclic amines) is 1. The molecule has 9 heteroatoms. The van der Waals surface area contributed by atoms with Gasteiger partial charge in [0.2, 0.25) is 0 Å². The van der Waals surface area contributed by atoms with Gasteiger partial charge in [0.15, 0.2) is 11.6 Å². The molecule has 3 aromatic rings. The number of nitrogens with two attached hydrogens (primary N) is 1. The molecule has 0 unspecified atom stereocenters. The normalized spacial score (nSPS) is 14.1. The second kappa shape index (κ2) is 9.87. The number of piperidine rings is 1. The van der Waals surface area contributed by atoms with E-state index in [0.717, 1.165) is 0 Å². The fourth-order valence-corrected chi connectivity index (χ4v) is 3.64. The Bertz CT molecular complexity index is 1160. The highest BCUT2D eigenvalue weighted by molar-refractivity contribution is 6.30. The molecule has 2 aromatic carbocycles. The van der Waals surface area contributed by atoms with Crippen molar-refractivity contribution in [2.45, 2.75) is 18.9 Å². The fourth-order valence-electron chi connectivity index (χ4n) is 3.52. The Morgan fingerprint density at radius 3 is 2.42 bits per heavy atom. The lowest BCUT2D eigenvalue weighted by atomic mass is 10.1. The highest BCUT2D eigenvalue weighted by Gasteiger charge is 2.25. The zero-order chi connectivity index (χ0) is 23.4. The van der Waals surface area contributed by atoms with E-state index in [1.807, 2.05) is 0 Å². The van der Waals surface area contributed by atoms with Gasteiger partial charge in [-0.05, 0) is 48.5 Å². The van der Waals surface area contributed by atoms with E-state index < -0.39 is 11.7 Å². The van der Waals surface area contributed by atoms with Crippen LogP contribution in [-0.2, 0) is 0 Å². The third kappa shape index (κ3) is 5.59. The van der Waals surface area contributed by atoms with Crippen LogP contribution in [0.2, 0.25) is 5.02 Å². The number of ether oxygens (including phenoxy) is 2. The lowest BCUT2D eigenvalue weighted by Gasteiger charge is -2.32. The molecule has 170 valence electrons. The fraction of sp³-hybridized carbons (Fsp3) is 0.208. The van der Waals surface area contributed by atoms with Crippen molar-refractivity contribution >= 4 is 23.4 Å². The van der Waals surface area contributed by atoms with E-state index in [0.29, 0.717) is 42.5 Å². The topological polar surface area (TPSA) is 94.8 Å². The van der Waals surface area contributed by atoms with E-state index in [9.17, 15) is 14.0 Å². The summed E-state index contributed by atoms with van der Waals surface area (Å²) in [5.74, 6) is -0.549. The van der Waals surface area contributed by atoms with Crippen LogP contribution in [0.25, 0.3) is 0 Å². The summed E-state index contributed by atoms with van der Waals surface area (Å²) in [5, 5.41) is 0.550. The van der Waals surface area contributed by atoms with Crippen LogP contribution in [0, 0.1) is 5.82 Å². The van der Waals surface area contributed by atoms with Gasteiger partial charge in [0.25, 0.3) is 11.8 Å². The van der Waals surface area contributed by atoms with E-state index in [4.69, 9.17) is 26.8 Å². The van der Waals surface area contributed by atoms with Gasteiger partial charge in [-0.1, -0.05) is 11.6 Å². The van der Waals surface area contributed by atoms with Gasteiger partial charge in [0, 0.05) is 48.8 Å². The maximum absolute atomic E-state index is 14.6. The summed E-state index contributed by atoms with van der Waals surface area (Å²) >= 11 is 5.84. The third-order valence-corrected chi connectivity index (χ3v) is 5.49. The summed E-state index contributed by atoms with van der Waals surface area (Å²) in [6, 6.07) is 13.9. The second-order valence-corrected chi connectivity index (χ2v) is 7.99. The van der Waals surface area contributed by atoms with Crippen LogP contribution in [-0.4, -0.2) is 40.9 Å². The molecular formula is C24H21ClFN3O4. The number of amides is 2. The Morgan fingerprint density at radius 2 is 1.76 bits per heavy atom. The Balaban J connectivity index is 1.34. The lowest BCUT2D eigenvalue weighted by Crippen LogP contribution is -2.41. The molecule has 2 N–H and O–H groups in total. The molecular weight excluding hydrogens is 449 g/mol. The minimum atomic E-state index is -0.628. The quantitative estimate of drug-likeness (QED) is 0.575. The van der Waals surface area contributed by atoms with Crippen LogP contribution >= 0.6 is 11.6 Å². The van der Waals surface area contributed by atoms with E-state index in [1.54, 1.807) is 41.3 Å². The molecule has 0 saturated carbocycles. The molecule has 1 fully saturated rings. The summed E-state index contributed by atoms with van der Waals surface area (Å²) in [7, 11) is 0. The molecule has 0 radical (unpaired) electrons. The van der Waals surface area contributed by atoms with Crippen LogP contribution in [0.4, 0.5) is 4.39 Å². The number of pyridine rings is 1. The Kier molecular flexibility index (Phi) is 6.74. The smallest absolute Gasteiger partial charge is 0.267 e. The van der Waals surface area contributed by atoms with Crippen molar-refractivity contribution in [1.82, 2.24) is 9.88 Å². The first-order valence-corrected chi connectivity index (χ1v) is 10.7. The summed E-state index contributed by atoms with van der Waals surface area (Å²) in [6.07, 6.45) is 2.53. The van der Waals surface area contributed by atoms with Crippen molar-refractivity contribution in [2.75, 3.05) is 13.1 Å². The number of benzene rings is 2. The average Bonchev–Trinajstić information content (AvgIpc) is 2.82. The number of halogens is 2. The largest absolute Gasteiger partial charge is 0.490 e. The maximum Gasteiger partial charge on any atom is 0.267 e. The van der Waals surface area contributed by atoms with Gasteiger partial charge in [-0.3, -0.25) is 14.6 Å². The number of primary amides is 1. The van der Waals surface area contributed by atoms with Crippen molar-refractivity contribution in [2.24, 2.45) is 5.73 Å². The van der Waals surface area contributed by atoms with Crippen LogP contribution in [0.15, 0.2) is 60.8 Å². The Morgan fingerprint density at radius 1 is 1.03 bits per heavy atom. The number of hydrogen-bond donors (Lipinski definition) is 1. The van der Waals surface area contributed by atoms with Crippen molar-refractivity contribution in [3.63, 3.8) is 0 Å². The molecule has 7 nitrogen and oxygen atoms in total. The number of carbonyl (C=O) groups is 2. The van der Waals surface area contributed by atoms with Crippen molar-refractivity contribution < 1.29 is 23.5 Å². The first kappa shape index (κ1) is 22.5. The molecule has 33 heavy (non-hydrogen) atoms. The van der Waals surface area contributed by atoms with Gasteiger partial charge in [0.1, 0.15) is 23.3 Å². The number of nitrogens with zero attached hydrogens (tertiary/aromatic N) is 2. The molecule has 0 atom stereocenters. The van der Waals surface area contributed by atoms with Crippen LogP contribution in [0.3, 0.4) is 0 Å². The van der Waals surface area contributed by atoms with E-state index >= 15 is 0 Å². The van der Waals surface area contributed by atoms with E-state index in [2.05, 4.69) is 4.98 Å². The molecule has 0 aliphatic carbocycles. The zero-order valence-corrected chi connectivity index (χ0v) is 18.3. The van der Waals surface area contributed by atoms with Crippen LogP contribution < -0.4 is 15.2 Å². The van der Waals surface area contributed by atoms with Gasteiger partial charge in [-0.15, -0.1) is 0 Å².